The van der Waals surface area contributed by atoms with Crippen molar-refractivity contribution in [2.45, 2.75) is 58.5 Å². The predicted octanol–water partition coefficient (Wildman–Crippen LogP) is 2.23. The first-order chi connectivity index (χ1) is 11.1. The van der Waals surface area contributed by atoms with Crippen molar-refractivity contribution in [3.63, 3.8) is 0 Å². The summed E-state index contributed by atoms with van der Waals surface area (Å²) in [6.45, 7) is 9.44. The summed E-state index contributed by atoms with van der Waals surface area (Å²) in [6.07, 6.45) is 0.565. The van der Waals surface area contributed by atoms with E-state index in [-0.39, 0.29) is 24.3 Å². The molecule has 2 aromatic rings. The van der Waals surface area contributed by atoms with Crippen molar-refractivity contribution in [2.75, 3.05) is 6.54 Å². The number of hydrogen-bond donors (Lipinski definition) is 2. The van der Waals surface area contributed by atoms with Gasteiger partial charge in [-0.1, -0.05) is 25.9 Å². The maximum Gasteiger partial charge on any atom is 0.227 e. The number of aliphatic hydroxyl groups is 1. The van der Waals surface area contributed by atoms with Gasteiger partial charge in [0.05, 0.1) is 6.54 Å². The van der Waals surface area contributed by atoms with E-state index in [1.165, 1.54) is 0 Å². The van der Waals surface area contributed by atoms with Gasteiger partial charge in [-0.05, 0) is 26.0 Å². The summed E-state index contributed by atoms with van der Waals surface area (Å²) in [5.41, 5.74) is -1.45. The highest BCUT2D eigenvalue weighted by molar-refractivity contribution is 5.76. The average Bonchev–Trinajstić information content (AvgIpc) is 3.11. The van der Waals surface area contributed by atoms with Gasteiger partial charge in [0.15, 0.2) is 5.82 Å². The molecule has 1 amide bonds. The molecule has 2 rings (SSSR count). The van der Waals surface area contributed by atoms with Crippen LogP contribution < -0.4 is 5.32 Å². The van der Waals surface area contributed by atoms with E-state index in [9.17, 15) is 9.90 Å². The Kier molecular flexibility index (Phi) is 5.13. The highest BCUT2D eigenvalue weighted by atomic mass is 16.5. The van der Waals surface area contributed by atoms with E-state index < -0.39 is 5.60 Å². The van der Waals surface area contributed by atoms with Crippen LogP contribution in [0.25, 0.3) is 0 Å². The minimum absolute atomic E-state index is 0.0653. The molecule has 1 unspecified atom stereocenters. The van der Waals surface area contributed by atoms with Gasteiger partial charge < -0.3 is 19.4 Å². The predicted molar refractivity (Wildman–Crippen MR) is 87.3 cm³/mol. The molecular weight excluding hydrogens is 310 g/mol. The maximum absolute atomic E-state index is 12.0. The lowest BCUT2D eigenvalue weighted by Crippen LogP contribution is -2.38. The van der Waals surface area contributed by atoms with Crippen LogP contribution in [0, 0.1) is 6.92 Å². The molecule has 0 aromatic carbocycles. The van der Waals surface area contributed by atoms with E-state index in [4.69, 9.17) is 8.94 Å². The molecule has 24 heavy (non-hydrogen) atoms. The van der Waals surface area contributed by atoms with Gasteiger partial charge in [-0.15, -0.1) is 0 Å². The maximum atomic E-state index is 12.0. The first-order valence-electron chi connectivity index (χ1n) is 7.97. The van der Waals surface area contributed by atoms with E-state index in [1.54, 1.807) is 26.0 Å². The van der Waals surface area contributed by atoms with Gasteiger partial charge in [0.2, 0.25) is 11.8 Å². The Morgan fingerprint density at radius 1 is 1.29 bits per heavy atom. The summed E-state index contributed by atoms with van der Waals surface area (Å²) in [5.74, 6) is 1.99. The number of nitrogens with zero attached hydrogens (tertiary/aromatic N) is 2. The summed E-state index contributed by atoms with van der Waals surface area (Å²) in [4.78, 5) is 16.3. The fourth-order valence-electron chi connectivity index (χ4n) is 2.05. The summed E-state index contributed by atoms with van der Waals surface area (Å²) >= 11 is 0. The minimum Gasteiger partial charge on any atom is -0.463 e. The third-order valence-electron chi connectivity index (χ3n) is 3.61. The molecule has 0 aliphatic carbocycles. The topological polar surface area (TPSA) is 101 Å². The molecule has 0 spiro atoms. The highest BCUT2D eigenvalue weighted by Gasteiger charge is 2.27. The van der Waals surface area contributed by atoms with Crippen LogP contribution in [0.3, 0.4) is 0 Å². The number of carbonyl (C=O) groups is 1. The van der Waals surface area contributed by atoms with Gasteiger partial charge in [0.1, 0.15) is 17.1 Å². The first kappa shape index (κ1) is 18.2. The van der Waals surface area contributed by atoms with Crippen LogP contribution in [-0.2, 0) is 22.2 Å². The second-order valence-electron chi connectivity index (χ2n) is 7.22. The lowest BCUT2D eigenvalue weighted by molar-refractivity contribution is -0.122. The van der Waals surface area contributed by atoms with Gasteiger partial charge in [-0.2, -0.15) is 4.98 Å². The quantitative estimate of drug-likeness (QED) is 0.839. The Morgan fingerprint density at radius 2 is 2.00 bits per heavy atom. The molecule has 0 aliphatic rings. The van der Waals surface area contributed by atoms with E-state index in [0.29, 0.717) is 29.7 Å². The van der Waals surface area contributed by atoms with Gasteiger partial charge in [-0.3, -0.25) is 4.79 Å². The lowest BCUT2D eigenvalue weighted by Gasteiger charge is -2.21. The summed E-state index contributed by atoms with van der Waals surface area (Å²) in [6, 6.07) is 3.47. The van der Waals surface area contributed by atoms with E-state index >= 15 is 0 Å². The van der Waals surface area contributed by atoms with Crippen LogP contribution >= 0.6 is 0 Å². The fourth-order valence-corrected chi connectivity index (χ4v) is 2.05. The van der Waals surface area contributed by atoms with Crippen LogP contribution in [0.4, 0.5) is 0 Å². The smallest absolute Gasteiger partial charge is 0.227 e. The van der Waals surface area contributed by atoms with E-state index in [1.807, 2.05) is 20.8 Å². The van der Waals surface area contributed by atoms with Crippen LogP contribution in [0.1, 0.15) is 57.4 Å². The Morgan fingerprint density at radius 3 is 2.54 bits per heavy atom. The summed E-state index contributed by atoms with van der Waals surface area (Å²) in [5, 5.41) is 17.0. The molecule has 0 radical (unpaired) electrons. The van der Waals surface area contributed by atoms with Crippen molar-refractivity contribution in [3.8, 4) is 0 Å². The number of aromatic nitrogens is 2. The number of amides is 1. The number of nitrogens with one attached hydrogen (secondary N) is 1. The van der Waals surface area contributed by atoms with Crippen LogP contribution in [0.2, 0.25) is 0 Å². The van der Waals surface area contributed by atoms with E-state index in [2.05, 4.69) is 15.5 Å². The Bertz CT molecular complexity index is 695. The number of carbonyl (C=O) groups excluding carboxylic acids is 1. The molecule has 0 saturated heterocycles. The van der Waals surface area contributed by atoms with Crippen LogP contribution in [0.5, 0.6) is 0 Å². The largest absolute Gasteiger partial charge is 0.463 e. The zero-order chi connectivity index (χ0) is 18.0. The molecule has 0 bridgehead atoms. The molecule has 2 N–H and O–H groups in total. The molecule has 7 nitrogen and oxygen atoms in total. The lowest BCUT2D eigenvalue weighted by atomic mass is 9.96. The Balaban J connectivity index is 1.82. The van der Waals surface area contributed by atoms with Gasteiger partial charge >= 0.3 is 0 Å². The normalized spacial score (nSPS) is 14.4. The van der Waals surface area contributed by atoms with Crippen molar-refractivity contribution in [1.82, 2.24) is 15.5 Å². The van der Waals surface area contributed by atoms with Gasteiger partial charge in [0.25, 0.3) is 0 Å². The van der Waals surface area contributed by atoms with Crippen molar-refractivity contribution in [1.29, 1.82) is 0 Å². The molecule has 0 fully saturated rings. The Hall–Kier alpha value is -2.15. The molecule has 7 heteroatoms. The molecule has 0 saturated carbocycles. The molecular formula is C17H25N3O4. The minimum atomic E-state index is -1.26. The summed E-state index contributed by atoms with van der Waals surface area (Å²) in [7, 11) is 0. The summed E-state index contributed by atoms with van der Waals surface area (Å²) < 4.78 is 10.6. The molecule has 0 aliphatic heterocycles. The highest BCUT2D eigenvalue weighted by Crippen LogP contribution is 2.22. The van der Waals surface area contributed by atoms with Gasteiger partial charge in [0, 0.05) is 18.3 Å². The third-order valence-corrected chi connectivity index (χ3v) is 3.61. The molecule has 2 aromatic heterocycles. The number of furan rings is 1. The van der Waals surface area contributed by atoms with Crippen LogP contribution in [-0.4, -0.2) is 27.7 Å². The van der Waals surface area contributed by atoms with E-state index in [0.717, 1.165) is 0 Å². The fraction of sp³-hybridized carbons (Fsp3) is 0.588. The first-order valence-corrected chi connectivity index (χ1v) is 7.97. The second kappa shape index (κ2) is 6.76. The molecule has 2 heterocycles. The Labute approximate surface area is 141 Å². The van der Waals surface area contributed by atoms with Crippen LogP contribution in [0.15, 0.2) is 21.1 Å². The number of aryl methyl sites for hydroxylation is 2. The number of hydrogen-bond acceptors (Lipinski definition) is 6. The van der Waals surface area contributed by atoms with Crippen molar-refractivity contribution >= 4 is 5.91 Å². The number of rotatable bonds is 6. The third kappa shape index (κ3) is 4.67. The SMILES string of the molecule is Cc1ccc(C(C)(O)CNC(=O)CCc2nc(C(C)(C)C)no2)o1. The molecule has 132 valence electrons. The zero-order valence-electron chi connectivity index (χ0n) is 14.8. The molecule has 1 atom stereocenters. The average molecular weight is 335 g/mol. The van der Waals surface area contributed by atoms with Gasteiger partial charge in [-0.25, -0.2) is 0 Å². The monoisotopic (exact) mass is 335 g/mol. The van der Waals surface area contributed by atoms with Crippen molar-refractivity contribution in [2.24, 2.45) is 0 Å². The second-order valence-corrected chi connectivity index (χ2v) is 7.22. The standard InChI is InChI=1S/C17H25N3O4/c1-11-6-7-12(23-11)17(5,22)10-18-13(21)8-9-14-19-15(20-24-14)16(2,3)4/h6-7,22H,8-10H2,1-5H3,(H,18,21). The van der Waals surface area contributed by atoms with Crippen molar-refractivity contribution in [3.05, 3.63) is 35.4 Å². The zero-order valence-corrected chi connectivity index (χ0v) is 14.8. The van der Waals surface area contributed by atoms with Crippen molar-refractivity contribution < 1.29 is 18.8 Å².